The summed E-state index contributed by atoms with van der Waals surface area (Å²) in [5.41, 5.74) is 0.623. The van der Waals surface area contributed by atoms with Gasteiger partial charge < -0.3 is 0 Å². The third kappa shape index (κ3) is 4.34. The van der Waals surface area contributed by atoms with Crippen LogP contribution in [0.5, 0.6) is 0 Å². The van der Waals surface area contributed by atoms with Gasteiger partial charge in [-0.15, -0.1) is 0 Å². The highest BCUT2D eigenvalue weighted by Gasteiger charge is 2.32. The third-order valence-electron chi connectivity index (χ3n) is 6.58. The molecule has 0 unspecified atom stereocenters. The van der Waals surface area contributed by atoms with Crippen LogP contribution in [0.2, 0.25) is 0 Å². The van der Waals surface area contributed by atoms with E-state index < -0.39 is 11.9 Å². The highest BCUT2D eigenvalue weighted by Crippen LogP contribution is 2.44. The van der Waals surface area contributed by atoms with Gasteiger partial charge in [-0.05, 0) is 74.3 Å². The Morgan fingerprint density at radius 2 is 1.54 bits per heavy atom. The van der Waals surface area contributed by atoms with E-state index >= 15 is 0 Å². The monoisotopic (exact) mass is 335 g/mol. The summed E-state index contributed by atoms with van der Waals surface area (Å²) in [6, 6.07) is 2.89. The van der Waals surface area contributed by atoms with Crippen LogP contribution in [-0.4, -0.2) is 4.98 Å². The van der Waals surface area contributed by atoms with Crippen molar-refractivity contribution in [1.82, 2.24) is 4.98 Å². The molecule has 3 rings (SSSR count). The second-order valence-corrected chi connectivity index (χ2v) is 8.05. The number of pyridine rings is 1. The molecule has 0 saturated heterocycles. The van der Waals surface area contributed by atoms with Gasteiger partial charge in [-0.3, -0.25) is 0 Å². The molecule has 1 heterocycles. The summed E-state index contributed by atoms with van der Waals surface area (Å²) in [6.07, 6.45) is 14.2. The first-order chi connectivity index (χ1) is 11.7. The van der Waals surface area contributed by atoms with Gasteiger partial charge in [-0.25, -0.2) is 0 Å². The molecule has 2 aliphatic rings. The lowest BCUT2D eigenvalue weighted by atomic mass is 9.68. The first-order valence-corrected chi connectivity index (χ1v) is 9.99. The van der Waals surface area contributed by atoms with Crippen LogP contribution in [0.1, 0.15) is 89.0 Å². The lowest BCUT2D eigenvalue weighted by Crippen LogP contribution is -2.25. The molecule has 134 valence electrons. The summed E-state index contributed by atoms with van der Waals surface area (Å²) in [6.45, 7) is 2.28. The van der Waals surface area contributed by atoms with E-state index in [0.29, 0.717) is 5.56 Å². The predicted molar refractivity (Wildman–Crippen MR) is 93.8 cm³/mol. The topological polar surface area (TPSA) is 12.9 Å². The third-order valence-corrected chi connectivity index (χ3v) is 6.58. The van der Waals surface area contributed by atoms with Gasteiger partial charge in [0.25, 0.3) is 0 Å². The minimum absolute atomic E-state index is 0.232. The highest BCUT2D eigenvalue weighted by molar-refractivity contribution is 5.17. The molecule has 3 heteroatoms. The van der Waals surface area contributed by atoms with Crippen LogP contribution in [0.3, 0.4) is 0 Å². The Labute approximate surface area is 145 Å². The van der Waals surface area contributed by atoms with Crippen molar-refractivity contribution in [2.24, 2.45) is 17.8 Å². The van der Waals surface area contributed by atoms with Gasteiger partial charge >= 0.3 is 0 Å². The summed E-state index contributed by atoms with van der Waals surface area (Å²) in [4.78, 5) is 3.36. The molecule has 24 heavy (non-hydrogen) atoms. The molecule has 0 radical (unpaired) electrons. The predicted octanol–water partition coefficient (Wildman–Crippen LogP) is 6.63. The molecular formula is C21H31F2N. The molecule has 2 fully saturated rings. The molecular weight excluding hydrogens is 304 g/mol. The molecule has 0 spiro atoms. The standard InChI is InChI=1S/C21H31F2N/c1-2-3-4-15-5-7-16(8-6-15)17-9-11-18(12-10-17)19-13-14-20(22)24-21(19)23/h13-18H,2-12H2,1H3. The van der Waals surface area contributed by atoms with Gasteiger partial charge in [0.05, 0.1) is 0 Å². The van der Waals surface area contributed by atoms with Crippen molar-refractivity contribution in [3.05, 3.63) is 29.6 Å². The van der Waals surface area contributed by atoms with Crippen LogP contribution in [0.25, 0.3) is 0 Å². The van der Waals surface area contributed by atoms with Gasteiger partial charge in [-0.1, -0.05) is 39.0 Å². The molecule has 2 saturated carbocycles. The normalized spacial score (nSPS) is 31.1. The lowest BCUT2D eigenvalue weighted by molar-refractivity contribution is 0.155. The fourth-order valence-electron chi connectivity index (χ4n) is 5.07. The maximum Gasteiger partial charge on any atom is 0.218 e. The average molecular weight is 335 g/mol. The molecule has 2 aliphatic carbocycles. The number of nitrogens with zero attached hydrogens (tertiary/aromatic N) is 1. The zero-order valence-electron chi connectivity index (χ0n) is 14.9. The van der Waals surface area contributed by atoms with E-state index in [1.165, 1.54) is 63.9 Å². The van der Waals surface area contributed by atoms with Crippen molar-refractivity contribution >= 4 is 0 Å². The second kappa shape index (κ2) is 8.40. The van der Waals surface area contributed by atoms with E-state index in [1.807, 2.05) is 0 Å². The van der Waals surface area contributed by atoms with E-state index in [0.717, 1.165) is 30.6 Å². The number of unbranched alkanes of at least 4 members (excludes halogenated alkanes) is 1. The van der Waals surface area contributed by atoms with E-state index in [-0.39, 0.29) is 5.92 Å². The maximum atomic E-state index is 13.9. The molecule has 1 aromatic heterocycles. The maximum absolute atomic E-state index is 13.9. The Hall–Kier alpha value is -0.990. The van der Waals surface area contributed by atoms with Gasteiger partial charge in [0.15, 0.2) is 0 Å². The van der Waals surface area contributed by atoms with Gasteiger partial charge in [-0.2, -0.15) is 13.8 Å². The summed E-state index contributed by atoms with van der Waals surface area (Å²) >= 11 is 0. The van der Waals surface area contributed by atoms with E-state index in [1.54, 1.807) is 6.07 Å². The Balaban J connectivity index is 1.47. The summed E-state index contributed by atoms with van der Waals surface area (Å²) in [5.74, 6) is 1.59. The minimum Gasteiger partial charge on any atom is -0.190 e. The highest BCUT2D eigenvalue weighted by atomic mass is 19.1. The zero-order valence-corrected chi connectivity index (χ0v) is 14.9. The van der Waals surface area contributed by atoms with Crippen LogP contribution in [0.15, 0.2) is 12.1 Å². The molecule has 0 aliphatic heterocycles. The smallest absolute Gasteiger partial charge is 0.190 e. The Morgan fingerprint density at radius 1 is 0.917 bits per heavy atom. The molecule has 1 aromatic rings. The molecule has 0 atom stereocenters. The number of hydrogen-bond acceptors (Lipinski definition) is 1. The van der Waals surface area contributed by atoms with Crippen LogP contribution in [0.4, 0.5) is 8.78 Å². The zero-order chi connectivity index (χ0) is 16.9. The van der Waals surface area contributed by atoms with Crippen LogP contribution in [-0.2, 0) is 0 Å². The van der Waals surface area contributed by atoms with E-state index in [2.05, 4.69) is 11.9 Å². The molecule has 1 nitrogen and oxygen atoms in total. The first kappa shape index (κ1) is 17.8. The van der Waals surface area contributed by atoms with E-state index in [4.69, 9.17) is 0 Å². The summed E-state index contributed by atoms with van der Waals surface area (Å²) in [5, 5.41) is 0. The number of rotatable bonds is 5. The largest absolute Gasteiger partial charge is 0.218 e. The lowest BCUT2D eigenvalue weighted by Gasteiger charge is -2.38. The van der Waals surface area contributed by atoms with Crippen molar-refractivity contribution in [3.8, 4) is 0 Å². The van der Waals surface area contributed by atoms with Gasteiger partial charge in [0.2, 0.25) is 11.9 Å². The Bertz CT molecular complexity index is 515. The second-order valence-electron chi connectivity index (χ2n) is 8.05. The molecule has 0 amide bonds. The van der Waals surface area contributed by atoms with Crippen molar-refractivity contribution in [2.45, 2.75) is 83.5 Å². The molecule has 0 N–H and O–H groups in total. The van der Waals surface area contributed by atoms with Crippen LogP contribution >= 0.6 is 0 Å². The Kier molecular flexibility index (Phi) is 6.24. The van der Waals surface area contributed by atoms with Gasteiger partial charge in [0, 0.05) is 5.56 Å². The quantitative estimate of drug-likeness (QED) is 0.550. The summed E-state index contributed by atoms with van der Waals surface area (Å²) in [7, 11) is 0. The summed E-state index contributed by atoms with van der Waals surface area (Å²) < 4.78 is 26.9. The molecule has 0 aromatic carbocycles. The van der Waals surface area contributed by atoms with Crippen LogP contribution in [0, 0.1) is 29.6 Å². The average Bonchev–Trinajstić information content (AvgIpc) is 2.61. The first-order valence-electron chi connectivity index (χ1n) is 9.99. The van der Waals surface area contributed by atoms with E-state index in [9.17, 15) is 8.78 Å². The number of hydrogen-bond donors (Lipinski definition) is 0. The van der Waals surface area contributed by atoms with Crippen molar-refractivity contribution in [3.63, 3.8) is 0 Å². The fraction of sp³-hybridized carbons (Fsp3) is 0.762. The van der Waals surface area contributed by atoms with Gasteiger partial charge in [0.1, 0.15) is 0 Å². The SMILES string of the molecule is CCCCC1CCC(C2CCC(c3ccc(F)nc3F)CC2)CC1. The fourth-order valence-corrected chi connectivity index (χ4v) is 5.07. The van der Waals surface area contributed by atoms with Crippen molar-refractivity contribution in [2.75, 3.05) is 0 Å². The number of aromatic nitrogens is 1. The molecule has 0 bridgehead atoms. The minimum atomic E-state index is -0.718. The van der Waals surface area contributed by atoms with Crippen molar-refractivity contribution < 1.29 is 8.78 Å². The van der Waals surface area contributed by atoms with Crippen molar-refractivity contribution in [1.29, 1.82) is 0 Å². The number of halogens is 2. The van der Waals surface area contributed by atoms with Crippen LogP contribution < -0.4 is 0 Å². The Morgan fingerprint density at radius 3 is 2.12 bits per heavy atom.